The Bertz CT molecular complexity index is 1400. The van der Waals surface area contributed by atoms with Crippen molar-refractivity contribution in [3.05, 3.63) is 82.5 Å². The Morgan fingerprint density at radius 3 is 2.58 bits per heavy atom. The average molecular weight is 519 g/mol. The van der Waals surface area contributed by atoms with E-state index in [-0.39, 0.29) is 11.7 Å². The van der Waals surface area contributed by atoms with Gasteiger partial charge in [0, 0.05) is 23.9 Å². The van der Waals surface area contributed by atoms with Gasteiger partial charge in [0.1, 0.15) is 16.4 Å². The summed E-state index contributed by atoms with van der Waals surface area (Å²) < 4.78 is 6.99. The lowest BCUT2D eigenvalue weighted by Gasteiger charge is -2.08. The molecule has 1 amide bonds. The first-order valence-corrected chi connectivity index (χ1v) is 13.5. The number of benzene rings is 2. The second kappa shape index (κ2) is 10.3. The first-order chi connectivity index (χ1) is 17.5. The van der Waals surface area contributed by atoms with Crippen LogP contribution in [-0.2, 0) is 16.6 Å². The third kappa shape index (κ3) is 4.94. The van der Waals surface area contributed by atoms with Gasteiger partial charge in [-0.2, -0.15) is 0 Å². The molecular formula is C27H26N4O3S2. The van der Waals surface area contributed by atoms with Crippen molar-refractivity contribution in [2.24, 2.45) is 7.05 Å². The van der Waals surface area contributed by atoms with E-state index < -0.39 is 5.97 Å². The number of carbonyl (C=O) groups excluding carboxylic acids is 2. The number of aryl methyl sites for hydroxylation is 1. The highest BCUT2D eigenvalue weighted by Gasteiger charge is 2.42. The zero-order chi connectivity index (χ0) is 25.2. The minimum atomic E-state index is -0.481. The minimum absolute atomic E-state index is 0.150. The maximum absolute atomic E-state index is 12.8. The number of esters is 1. The number of amides is 1. The summed E-state index contributed by atoms with van der Waals surface area (Å²) in [6, 6.07) is 18.3. The van der Waals surface area contributed by atoms with Gasteiger partial charge < -0.3 is 14.6 Å². The number of thioether (sulfide) groups is 1. The molecule has 1 aliphatic carbocycles. The summed E-state index contributed by atoms with van der Waals surface area (Å²) in [6.45, 7) is 2.01. The molecule has 2 unspecified atom stereocenters. The van der Waals surface area contributed by atoms with E-state index in [0.717, 1.165) is 28.9 Å². The van der Waals surface area contributed by atoms with Crippen LogP contribution in [0.1, 0.15) is 45.6 Å². The van der Waals surface area contributed by atoms with E-state index in [2.05, 4.69) is 39.8 Å². The molecule has 5 rings (SSSR count). The fraction of sp³-hybridized carbons (Fsp3) is 0.259. The van der Waals surface area contributed by atoms with Crippen LogP contribution in [0.15, 0.2) is 65.1 Å². The standard InChI is InChI=1S/C27H26N4O3S2/c1-16-9-11-18(12-10-16)21-14-35-25(23(21)26(33)34-3)28-22(32)15-36-27-30-29-24(31(27)2)20-13-19(20)17-7-5-4-6-8-17/h4-12,14,19-20H,13,15H2,1-3H3,(H,28,32). The Kier molecular flexibility index (Phi) is 6.93. The van der Waals surface area contributed by atoms with Crippen molar-refractivity contribution in [2.45, 2.75) is 30.3 Å². The van der Waals surface area contributed by atoms with Crippen LogP contribution in [0.2, 0.25) is 0 Å². The molecule has 2 atom stereocenters. The quantitative estimate of drug-likeness (QED) is 0.240. The number of nitrogens with one attached hydrogen (secondary N) is 1. The molecule has 2 aromatic heterocycles. The molecule has 9 heteroatoms. The lowest BCUT2D eigenvalue weighted by molar-refractivity contribution is -0.113. The predicted molar refractivity (Wildman–Crippen MR) is 143 cm³/mol. The van der Waals surface area contributed by atoms with E-state index in [4.69, 9.17) is 4.74 Å². The molecule has 1 saturated carbocycles. The number of anilines is 1. The lowest BCUT2D eigenvalue weighted by atomic mass is 10.0. The number of ether oxygens (including phenoxy) is 1. The maximum Gasteiger partial charge on any atom is 0.341 e. The van der Waals surface area contributed by atoms with Gasteiger partial charge in [0.15, 0.2) is 5.16 Å². The largest absolute Gasteiger partial charge is 0.465 e. The van der Waals surface area contributed by atoms with Crippen molar-refractivity contribution < 1.29 is 14.3 Å². The maximum atomic E-state index is 12.8. The Labute approximate surface area is 217 Å². The van der Waals surface area contributed by atoms with E-state index in [0.29, 0.717) is 27.6 Å². The molecule has 1 fully saturated rings. The van der Waals surface area contributed by atoms with E-state index in [1.807, 2.05) is 54.3 Å². The number of hydrogen-bond acceptors (Lipinski definition) is 7. The summed E-state index contributed by atoms with van der Waals surface area (Å²) in [4.78, 5) is 25.4. The molecule has 2 aromatic carbocycles. The van der Waals surface area contributed by atoms with Gasteiger partial charge in [-0.25, -0.2) is 4.79 Å². The molecule has 2 heterocycles. The highest BCUT2D eigenvalue weighted by molar-refractivity contribution is 7.99. The van der Waals surface area contributed by atoms with Crippen LogP contribution < -0.4 is 5.32 Å². The molecule has 0 radical (unpaired) electrons. The van der Waals surface area contributed by atoms with Gasteiger partial charge in [-0.05, 0) is 30.4 Å². The summed E-state index contributed by atoms with van der Waals surface area (Å²) >= 11 is 2.64. The van der Waals surface area contributed by atoms with Gasteiger partial charge in [-0.3, -0.25) is 4.79 Å². The molecular weight excluding hydrogens is 492 g/mol. The van der Waals surface area contributed by atoms with Gasteiger partial charge in [-0.1, -0.05) is 71.9 Å². The highest BCUT2D eigenvalue weighted by atomic mass is 32.2. The zero-order valence-electron chi connectivity index (χ0n) is 20.2. The topological polar surface area (TPSA) is 86.1 Å². The van der Waals surface area contributed by atoms with Gasteiger partial charge in [0.2, 0.25) is 5.91 Å². The minimum Gasteiger partial charge on any atom is -0.465 e. The van der Waals surface area contributed by atoms with Gasteiger partial charge in [0.05, 0.1) is 12.9 Å². The van der Waals surface area contributed by atoms with Crippen molar-refractivity contribution in [3.8, 4) is 11.1 Å². The van der Waals surface area contributed by atoms with Crippen molar-refractivity contribution >= 4 is 40.0 Å². The van der Waals surface area contributed by atoms with Crippen LogP contribution in [0.3, 0.4) is 0 Å². The van der Waals surface area contributed by atoms with Crippen LogP contribution >= 0.6 is 23.1 Å². The number of hydrogen-bond donors (Lipinski definition) is 1. The molecule has 0 saturated heterocycles. The molecule has 184 valence electrons. The van der Waals surface area contributed by atoms with Gasteiger partial charge in [-0.15, -0.1) is 21.5 Å². The second-order valence-corrected chi connectivity index (χ2v) is 10.6. The first kappa shape index (κ1) is 24.3. The fourth-order valence-electron chi connectivity index (χ4n) is 4.32. The van der Waals surface area contributed by atoms with Crippen LogP contribution in [0.25, 0.3) is 11.1 Å². The van der Waals surface area contributed by atoms with Crippen molar-refractivity contribution in [1.29, 1.82) is 0 Å². The third-order valence-corrected chi connectivity index (χ3v) is 8.26. The molecule has 1 aliphatic rings. The summed E-state index contributed by atoms with van der Waals surface area (Å²) in [7, 11) is 3.28. The van der Waals surface area contributed by atoms with Crippen LogP contribution in [0.4, 0.5) is 5.00 Å². The van der Waals surface area contributed by atoms with Gasteiger partial charge >= 0.3 is 5.97 Å². The average Bonchev–Trinajstić information content (AvgIpc) is 3.45. The molecule has 1 N–H and O–H groups in total. The van der Waals surface area contributed by atoms with E-state index >= 15 is 0 Å². The fourth-order valence-corrected chi connectivity index (χ4v) is 6.01. The first-order valence-electron chi connectivity index (χ1n) is 11.6. The molecule has 7 nitrogen and oxygen atoms in total. The van der Waals surface area contributed by atoms with Gasteiger partial charge in [0.25, 0.3) is 0 Å². The monoisotopic (exact) mass is 518 g/mol. The number of carbonyl (C=O) groups is 2. The highest BCUT2D eigenvalue weighted by Crippen LogP contribution is 2.54. The predicted octanol–water partition coefficient (Wildman–Crippen LogP) is 5.64. The molecule has 4 aromatic rings. The molecule has 36 heavy (non-hydrogen) atoms. The Morgan fingerprint density at radius 1 is 1.11 bits per heavy atom. The van der Waals surface area contributed by atoms with E-state index in [9.17, 15) is 9.59 Å². The Morgan fingerprint density at radius 2 is 1.86 bits per heavy atom. The zero-order valence-corrected chi connectivity index (χ0v) is 21.9. The summed E-state index contributed by atoms with van der Waals surface area (Å²) in [5, 5.41) is 14.7. The van der Waals surface area contributed by atoms with Crippen molar-refractivity contribution in [2.75, 3.05) is 18.2 Å². The molecule has 0 aliphatic heterocycles. The number of aromatic nitrogens is 3. The second-order valence-electron chi connectivity index (χ2n) is 8.81. The SMILES string of the molecule is COC(=O)c1c(-c2ccc(C)cc2)csc1NC(=O)CSc1nnc(C2CC2c2ccccc2)n1C. The smallest absolute Gasteiger partial charge is 0.341 e. The summed E-state index contributed by atoms with van der Waals surface area (Å²) in [5.74, 6) is 1.21. The number of methoxy groups -OCH3 is 1. The lowest BCUT2D eigenvalue weighted by Crippen LogP contribution is -2.16. The van der Waals surface area contributed by atoms with Crippen LogP contribution in [-0.4, -0.2) is 39.5 Å². The third-order valence-electron chi connectivity index (χ3n) is 6.35. The van der Waals surface area contributed by atoms with Crippen LogP contribution in [0.5, 0.6) is 0 Å². The van der Waals surface area contributed by atoms with Crippen molar-refractivity contribution in [1.82, 2.24) is 14.8 Å². The van der Waals surface area contributed by atoms with E-state index in [1.54, 1.807) is 0 Å². The van der Waals surface area contributed by atoms with Crippen molar-refractivity contribution in [3.63, 3.8) is 0 Å². The van der Waals surface area contributed by atoms with Crippen LogP contribution in [0, 0.1) is 6.92 Å². The molecule has 0 bridgehead atoms. The Hall–Kier alpha value is -3.43. The normalized spacial score (nSPS) is 16.5. The molecule has 0 spiro atoms. The number of rotatable bonds is 8. The summed E-state index contributed by atoms with van der Waals surface area (Å²) in [5.41, 5.74) is 4.45. The summed E-state index contributed by atoms with van der Waals surface area (Å²) in [6.07, 6.45) is 1.05. The number of thiophene rings is 1. The number of nitrogens with zero attached hydrogens (tertiary/aromatic N) is 3. The Balaban J connectivity index is 1.25. The van der Waals surface area contributed by atoms with E-state index in [1.165, 1.54) is 35.8 Å².